The van der Waals surface area contributed by atoms with Crippen molar-refractivity contribution in [3.05, 3.63) is 52.1 Å². The molecule has 0 fully saturated rings. The summed E-state index contributed by atoms with van der Waals surface area (Å²) in [6.07, 6.45) is 2.83. The highest BCUT2D eigenvalue weighted by molar-refractivity contribution is 7.10. The van der Waals surface area contributed by atoms with E-state index >= 15 is 0 Å². The van der Waals surface area contributed by atoms with Crippen molar-refractivity contribution in [2.75, 3.05) is 5.32 Å². The molecule has 0 amide bonds. The molecule has 0 bridgehead atoms. The van der Waals surface area contributed by atoms with Gasteiger partial charge in [0.15, 0.2) is 0 Å². The fraction of sp³-hybridized carbons (Fsp3) is 0.294. The van der Waals surface area contributed by atoms with Gasteiger partial charge in [0.1, 0.15) is 16.6 Å². The van der Waals surface area contributed by atoms with Gasteiger partial charge in [-0.2, -0.15) is 5.26 Å². The number of anilines is 1. The maximum Gasteiger partial charge on any atom is 0.135 e. The minimum Gasteiger partial charge on any atom is -0.360 e. The molecule has 1 aromatic carbocycles. The van der Waals surface area contributed by atoms with E-state index in [0.29, 0.717) is 11.5 Å². The van der Waals surface area contributed by atoms with Gasteiger partial charge in [-0.15, -0.1) is 11.3 Å². The van der Waals surface area contributed by atoms with Crippen molar-refractivity contribution in [3.8, 4) is 6.07 Å². The second-order valence-electron chi connectivity index (χ2n) is 5.00. The van der Waals surface area contributed by atoms with Gasteiger partial charge in [-0.05, 0) is 30.9 Å². The summed E-state index contributed by atoms with van der Waals surface area (Å²) in [4.78, 5) is 4.36. The van der Waals surface area contributed by atoms with E-state index in [1.807, 2.05) is 30.5 Å². The third-order valence-corrected chi connectivity index (χ3v) is 4.44. The van der Waals surface area contributed by atoms with Crippen molar-refractivity contribution >= 4 is 22.6 Å². The summed E-state index contributed by atoms with van der Waals surface area (Å²) >= 11 is 1.49. The first-order valence-corrected chi connectivity index (χ1v) is 7.92. The molecular weight excluding hydrogens is 278 g/mol. The topological polar surface area (TPSA) is 48.7 Å². The van der Waals surface area contributed by atoms with Gasteiger partial charge in [0, 0.05) is 23.0 Å². The van der Waals surface area contributed by atoms with Crippen molar-refractivity contribution in [2.24, 2.45) is 0 Å². The fourth-order valence-corrected chi connectivity index (χ4v) is 2.81. The smallest absolute Gasteiger partial charge is 0.135 e. The number of para-hydroxylation sites is 1. The molecule has 108 valence electrons. The average molecular weight is 297 g/mol. The number of nitriles is 1. The first-order chi connectivity index (χ1) is 10.2. The lowest BCUT2D eigenvalue weighted by molar-refractivity contribution is 0.735. The molecule has 1 atom stereocenters. The molecule has 0 saturated heterocycles. The Morgan fingerprint density at radius 3 is 2.86 bits per heavy atom. The van der Waals surface area contributed by atoms with Crippen molar-refractivity contribution in [1.29, 1.82) is 5.26 Å². The Balaban J connectivity index is 2.26. The summed E-state index contributed by atoms with van der Waals surface area (Å²) in [5, 5.41) is 15.3. The van der Waals surface area contributed by atoms with Gasteiger partial charge in [-0.25, -0.2) is 4.98 Å². The zero-order valence-electron chi connectivity index (χ0n) is 12.6. The Morgan fingerprint density at radius 1 is 1.48 bits per heavy atom. The van der Waals surface area contributed by atoms with E-state index in [0.717, 1.165) is 22.8 Å². The summed E-state index contributed by atoms with van der Waals surface area (Å²) < 4.78 is 0. The molecule has 1 N–H and O–H groups in total. The molecule has 0 unspecified atom stereocenters. The molecule has 21 heavy (non-hydrogen) atoms. The van der Waals surface area contributed by atoms with Crippen LogP contribution in [-0.2, 0) is 0 Å². The van der Waals surface area contributed by atoms with Crippen LogP contribution < -0.4 is 5.32 Å². The normalized spacial score (nSPS) is 12.8. The average Bonchev–Trinajstić information content (AvgIpc) is 2.94. The van der Waals surface area contributed by atoms with Gasteiger partial charge >= 0.3 is 0 Å². The Morgan fingerprint density at radius 2 is 2.24 bits per heavy atom. The second-order valence-corrected chi connectivity index (χ2v) is 5.86. The highest BCUT2D eigenvalue weighted by Crippen LogP contribution is 2.27. The van der Waals surface area contributed by atoms with Gasteiger partial charge < -0.3 is 5.32 Å². The van der Waals surface area contributed by atoms with Crippen molar-refractivity contribution in [2.45, 2.75) is 33.1 Å². The first kappa shape index (κ1) is 15.3. The van der Waals surface area contributed by atoms with E-state index in [-0.39, 0.29) is 0 Å². The lowest BCUT2D eigenvalue weighted by Crippen LogP contribution is -1.99. The molecule has 0 spiro atoms. The Labute approximate surface area is 130 Å². The number of rotatable bonds is 5. The van der Waals surface area contributed by atoms with E-state index in [1.54, 1.807) is 6.20 Å². The second kappa shape index (κ2) is 7.05. The summed E-state index contributed by atoms with van der Waals surface area (Å²) in [6, 6.07) is 10.4. The van der Waals surface area contributed by atoms with Crippen LogP contribution in [0.2, 0.25) is 0 Å². The molecule has 1 heterocycles. The van der Waals surface area contributed by atoms with E-state index in [2.05, 4.69) is 36.3 Å². The summed E-state index contributed by atoms with van der Waals surface area (Å²) in [5.74, 6) is 0.481. The Kier molecular flexibility index (Phi) is 5.13. The van der Waals surface area contributed by atoms with E-state index in [9.17, 15) is 5.26 Å². The maximum atomic E-state index is 9.30. The summed E-state index contributed by atoms with van der Waals surface area (Å²) in [6.45, 7) is 6.32. The Hall–Kier alpha value is -2.12. The first-order valence-electron chi connectivity index (χ1n) is 7.04. The van der Waals surface area contributed by atoms with E-state index in [1.165, 1.54) is 16.9 Å². The zero-order chi connectivity index (χ0) is 15.2. The summed E-state index contributed by atoms with van der Waals surface area (Å²) in [5.41, 5.74) is 3.82. The number of hydrogen-bond donors (Lipinski definition) is 1. The molecule has 2 aromatic rings. The molecule has 0 aliphatic heterocycles. The third kappa shape index (κ3) is 3.71. The number of aromatic nitrogens is 1. The highest BCUT2D eigenvalue weighted by Gasteiger charge is 2.09. The number of allylic oxidation sites excluding steroid dienone is 1. The number of hydrogen-bond acceptors (Lipinski definition) is 4. The van der Waals surface area contributed by atoms with Crippen LogP contribution in [-0.4, -0.2) is 4.98 Å². The van der Waals surface area contributed by atoms with Crippen LogP contribution in [0.15, 0.2) is 35.8 Å². The van der Waals surface area contributed by atoms with Gasteiger partial charge in [0.2, 0.25) is 0 Å². The van der Waals surface area contributed by atoms with Gasteiger partial charge in [0.05, 0.1) is 0 Å². The molecule has 0 aliphatic rings. The van der Waals surface area contributed by atoms with Crippen LogP contribution in [0.25, 0.3) is 5.57 Å². The third-order valence-electron chi connectivity index (χ3n) is 3.45. The fourth-order valence-electron chi connectivity index (χ4n) is 2.05. The lowest BCUT2D eigenvalue weighted by Gasteiger charge is -2.14. The molecule has 0 radical (unpaired) electrons. The number of benzene rings is 1. The molecule has 3 nitrogen and oxygen atoms in total. The van der Waals surface area contributed by atoms with Crippen molar-refractivity contribution < 1.29 is 0 Å². The number of nitrogens with one attached hydrogen (secondary N) is 1. The van der Waals surface area contributed by atoms with Crippen LogP contribution in [0.3, 0.4) is 0 Å². The monoisotopic (exact) mass is 297 g/mol. The molecule has 4 heteroatoms. The highest BCUT2D eigenvalue weighted by atomic mass is 32.1. The molecular formula is C17H19N3S. The van der Waals surface area contributed by atoms with Crippen LogP contribution in [0.5, 0.6) is 0 Å². The minimum atomic E-state index is 0.481. The molecule has 0 saturated carbocycles. The van der Waals surface area contributed by atoms with Crippen molar-refractivity contribution in [1.82, 2.24) is 4.98 Å². The van der Waals surface area contributed by atoms with Crippen LogP contribution in [0.1, 0.15) is 42.5 Å². The lowest BCUT2D eigenvalue weighted by atomic mass is 9.97. The minimum absolute atomic E-state index is 0.481. The molecule has 0 aliphatic carbocycles. The van der Waals surface area contributed by atoms with E-state index < -0.39 is 0 Å². The van der Waals surface area contributed by atoms with Gasteiger partial charge in [-0.1, -0.05) is 32.0 Å². The van der Waals surface area contributed by atoms with Crippen molar-refractivity contribution in [3.63, 3.8) is 0 Å². The maximum absolute atomic E-state index is 9.30. The molecule has 1 aromatic heterocycles. The zero-order valence-corrected chi connectivity index (χ0v) is 13.4. The molecule has 2 rings (SSSR count). The largest absolute Gasteiger partial charge is 0.360 e. The standard InChI is InChI=1S/C17H19N3S/c1-4-12(2)15-7-5-6-8-16(15)19-10-14(9-18)17-20-13(3)11-21-17/h5-8,10-12,19H,4H2,1-3H3/b14-10+/t12-/m1/s1. The summed E-state index contributed by atoms with van der Waals surface area (Å²) in [7, 11) is 0. The Bertz CT molecular complexity index is 679. The number of aryl methyl sites for hydroxylation is 1. The van der Waals surface area contributed by atoms with Crippen LogP contribution in [0.4, 0.5) is 5.69 Å². The van der Waals surface area contributed by atoms with E-state index in [4.69, 9.17) is 0 Å². The predicted octanol–water partition coefficient (Wildman–Crippen LogP) is 4.94. The predicted molar refractivity (Wildman–Crippen MR) is 89.2 cm³/mol. The SMILES string of the molecule is CC[C@@H](C)c1ccccc1N/C=C(\C#N)c1nc(C)cs1. The van der Waals surface area contributed by atoms with Gasteiger partial charge in [-0.3, -0.25) is 0 Å². The quantitative estimate of drug-likeness (QED) is 0.795. The van der Waals surface area contributed by atoms with Crippen LogP contribution >= 0.6 is 11.3 Å². The number of nitrogens with zero attached hydrogens (tertiary/aromatic N) is 2. The van der Waals surface area contributed by atoms with Crippen LogP contribution in [0, 0.1) is 18.3 Å². The van der Waals surface area contributed by atoms with Gasteiger partial charge in [0.25, 0.3) is 0 Å². The number of thiazole rings is 1.